The molecule has 0 aliphatic carbocycles. The maximum absolute atomic E-state index is 14.3. The predicted molar refractivity (Wildman–Crippen MR) is 312 cm³/mol. The number of nitrogens with one attached hydrogen (secondary N) is 3. The minimum Gasteiger partial charge on any atom is -0.387 e. The van der Waals surface area contributed by atoms with Crippen LogP contribution in [0.1, 0.15) is 30.7 Å². The van der Waals surface area contributed by atoms with Gasteiger partial charge < -0.3 is 95.9 Å². The van der Waals surface area contributed by atoms with Crippen LogP contribution in [-0.4, -0.2) is 230 Å². The van der Waals surface area contributed by atoms with Crippen LogP contribution in [0.3, 0.4) is 0 Å². The number of phosphoric ester groups is 4. The molecule has 4 saturated heterocycles. The van der Waals surface area contributed by atoms with Crippen LogP contribution in [0.25, 0.3) is 44.7 Å². The average molecular weight is 1490 g/mol. The molecule has 21 atom stereocenters. The number of phosphoric acid groups is 5. The summed E-state index contributed by atoms with van der Waals surface area (Å²) >= 11 is 0. The lowest BCUT2D eigenvalue weighted by Crippen LogP contribution is -2.46. The van der Waals surface area contributed by atoms with Crippen LogP contribution in [0, 0.1) is 6.92 Å². The second-order valence-corrected chi connectivity index (χ2v) is 29.3. The molecule has 4 aliphatic heterocycles. The van der Waals surface area contributed by atoms with Gasteiger partial charge >= 0.3 is 44.8 Å². The second-order valence-electron chi connectivity index (χ2n) is 21.8. The van der Waals surface area contributed by atoms with Gasteiger partial charge in [0.15, 0.2) is 58.8 Å². The van der Waals surface area contributed by atoms with Gasteiger partial charge in [0.05, 0.1) is 52.5 Å². The number of aryl methyl sites for hydroxylation is 2. The van der Waals surface area contributed by atoms with Crippen LogP contribution < -0.4 is 38.4 Å². The maximum Gasteiger partial charge on any atom is 0.490 e. The predicted octanol–water partition coefficient (Wildman–Crippen LogP) is -5.51. The molecular weight excluding hydrogens is 1430 g/mol. The molecule has 50 nitrogen and oxygen atoms in total. The number of ether oxygens (including phenoxy) is 5. The number of nitrogen functional groups attached to an aromatic ring is 3. The number of hydrogen-bond acceptors (Lipinski definition) is 37. The summed E-state index contributed by atoms with van der Waals surface area (Å²) in [4.78, 5) is 132. The first-order valence-electron chi connectivity index (χ1n) is 27.9. The Morgan fingerprint density at radius 2 is 1.01 bits per heavy atom. The van der Waals surface area contributed by atoms with E-state index >= 15 is 0 Å². The Morgan fingerprint density at radius 1 is 0.531 bits per heavy atom. The molecular formula is C43H57N19O31P5+. The van der Waals surface area contributed by atoms with E-state index in [0.717, 1.165) is 50.7 Å². The lowest BCUT2D eigenvalue weighted by atomic mass is 10.1. The third-order valence-electron chi connectivity index (χ3n) is 15.3. The minimum atomic E-state index is -6.34. The van der Waals surface area contributed by atoms with E-state index in [1.54, 1.807) is 0 Å². The van der Waals surface area contributed by atoms with Gasteiger partial charge in [-0.1, -0.05) is 4.98 Å². The number of methoxy groups -OCH3 is 1. The third-order valence-corrected chi connectivity index (χ3v) is 21.6. The Balaban J connectivity index is 0.741. The van der Waals surface area contributed by atoms with Crippen molar-refractivity contribution < 1.29 is 137 Å². The van der Waals surface area contributed by atoms with Gasteiger partial charge in [0.2, 0.25) is 17.7 Å². The number of aliphatic hydroxyl groups is 5. The molecule has 8 aromatic heterocycles. The number of hydrogen-bond donors (Lipinski definition) is 16. The quantitative estimate of drug-likeness (QED) is 0.0187. The van der Waals surface area contributed by atoms with Crippen molar-refractivity contribution in [2.45, 2.75) is 105 Å². The number of aromatic amines is 3. The second kappa shape index (κ2) is 26.6. The van der Waals surface area contributed by atoms with Crippen molar-refractivity contribution in [1.82, 2.24) is 73.1 Å². The normalized spacial score (nSPS) is 30.7. The fourth-order valence-corrected chi connectivity index (χ4v) is 16.5. The molecule has 55 heteroatoms. The van der Waals surface area contributed by atoms with Crippen molar-refractivity contribution in [3.63, 3.8) is 0 Å². The Bertz CT molecular complexity index is 4820. The number of H-pyrrole nitrogens is 3. The van der Waals surface area contributed by atoms with Gasteiger partial charge in [0.25, 0.3) is 22.6 Å². The molecule has 12 rings (SSSR count). The van der Waals surface area contributed by atoms with Crippen molar-refractivity contribution in [2.75, 3.05) is 50.7 Å². The molecule has 10 unspecified atom stereocenters. The molecule has 534 valence electrons. The summed E-state index contributed by atoms with van der Waals surface area (Å²) < 4.78 is 142. The lowest BCUT2D eigenvalue weighted by Gasteiger charge is -2.27. The molecule has 98 heavy (non-hydrogen) atoms. The van der Waals surface area contributed by atoms with E-state index in [1.807, 2.05) is 0 Å². The molecule has 0 bridgehead atoms. The molecule has 0 aromatic carbocycles. The maximum atomic E-state index is 14.3. The van der Waals surface area contributed by atoms with Crippen molar-refractivity contribution >= 4 is 101 Å². The van der Waals surface area contributed by atoms with Gasteiger partial charge in [-0.15, -0.1) is 0 Å². The van der Waals surface area contributed by atoms with Gasteiger partial charge in [0.1, 0.15) is 90.9 Å². The van der Waals surface area contributed by atoms with Crippen LogP contribution in [0.5, 0.6) is 0 Å². The van der Waals surface area contributed by atoms with E-state index in [-0.39, 0.29) is 62.2 Å². The van der Waals surface area contributed by atoms with Gasteiger partial charge in [0, 0.05) is 7.11 Å². The van der Waals surface area contributed by atoms with Crippen molar-refractivity contribution in [3.8, 4) is 0 Å². The largest absolute Gasteiger partial charge is 0.490 e. The van der Waals surface area contributed by atoms with Crippen LogP contribution in [0.2, 0.25) is 0 Å². The highest BCUT2D eigenvalue weighted by Crippen LogP contribution is 2.68. The van der Waals surface area contributed by atoms with Crippen LogP contribution >= 0.6 is 39.1 Å². The van der Waals surface area contributed by atoms with Crippen molar-refractivity contribution in [1.29, 1.82) is 0 Å². The summed E-state index contributed by atoms with van der Waals surface area (Å²) in [5.41, 5.74) is 14.0. The summed E-state index contributed by atoms with van der Waals surface area (Å²) in [5, 5.41) is 55.5. The van der Waals surface area contributed by atoms with Crippen LogP contribution in [-0.2, 0) is 89.3 Å². The van der Waals surface area contributed by atoms with Gasteiger partial charge in [-0.3, -0.25) is 69.8 Å². The molecule has 19 N–H and O–H groups in total. The summed E-state index contributed by atoms with van der Waals surface area (Å²) in [5.74, 6) is -0.798. The standard InChI is InChI=1S/C43H56N19O31P5/c1-13-52-32-19(35(68)53-13)50-10-60(32)38-24(65)22(63)14(86-38)4-82-94(71,72)90-27-16(88-40(26(27)67)59-9-49-18-30(44)47-8-48-31(18)59)6-83-95(73,74)91-28-17(89-41(29(28)81-3)61-11-51-20-33(61)54-42(45)56-36(20)69)7-85-97(77,78)93-98(79,80)92-96(75,76)84-5-15-23(64)25(66)39(87-15)62-12-58(2)21-34(62)55-43(46)57-37(21)70/h8-12,14-17,22-29,38-41,63-67H,4-7H2,1-3H3,(H13-,44,45,46,47,48,52,53,54,55,56,57,68,69,70,71,72,73,74,75,76,77,78,79,80)/p+1/t14-,15-,16-,17-,22?,23?,24+,25?,26+,27?,28?,29+,38-,39-,40-,41-/m1/s1. The fraction of sp³-hybridized carbons (Fsp3) is 0.535. The molecule has 4 aliphatic rings. The molecule has 8 aromatic rings. The monoisotopic (exact) mass is 1490 g/mol. The zero-order valence-electron chi connectivity index (χ0n) is 49.8. The van der Waals surface area contributed by atoms with E-state index in [2.05, 4.69) is 63.4 Å². The van der Waals surface area contributed by atoms with Gasteiger partial charge in [-0.2, -0.15) is 13.6 Å². The summed E-state index contributed by atoms with van der Waals surface area (Å²) in [7, 11) is -27.4. The Kier molecular flexibility index (Phi) is 19.3. The Hall–Kier alpha value is -6.77. The van der Waals surface area contributed by atoms with Crippen LogP contribution in [0.4, 0.5) is 17.7 Å². The number of aromatic nitrogens is 16. The third kappa shape index (κ3) is 14.1. The SMILES string of the molecule is CO[C@H]1C(OP(=O)(O)OC[C@H]2O[C@@H](n3cnc4c(N)ncnc43)[C@@H](O)C2OP(=O)(O)OC[C@H]2O[C@@H](n3cnc4c(=O)[nH]c(C)nc43)[C@@H](O)C2O)[C@@H](COP(=O)(O)OP(=O)(O)OP(=O)(O)OC[C@H]2O[C@@H]([n+]3cn(C)c4c(=O)[nH]c(N)nc43)C(O)C2O)O[C@H]1n1cnc2c(=O)[nH]c(N)nc21. The highest BCUT2D eigenvalue weighted by molar-refractivity contribution is 7.66. The average Bonchev–Trinajstić information content (AvgIpc) is 1.63. The number of aliphatic hydroxyl groups excluding tert-OH is 5. The Morgan fingerprint density at radius 3 is 1.64 bits per heavy atom. The lowest BCUT2D eigenvalue weighted by molar-refractivity contribution is -0.745. The highest BCUT2D eigenvalue weighted by atomic mass is 31.3. The van der Waals surface area contributed by atoms with E-state index in [4.69, 9.17) is 68.0 Å². The zero-order chi connectivity index (χ0) is 70.6. The zero-order valence-corrected chi connectivity index (χ0v) is 54.3. The smallest absolute Gasteiger partial charge is 0.387 e. The molecule has 0 radical (unpaired) electrons. The van der Waals surface area contributed by atoms with Gasteiger partial charge in [-0.05, 0) is 6.92 Å². The summed E-state index contributed by atoms with van der Waals surface area (Å²) in [6.45, 7) is -3.47. The first-order chi connectivity index (χ1) is 46.0. The van der Waals surface area contributed by atoms with E-state index < -0.39 is 186 Å². The first-order valence-corrected chi connectivity index (χ1v) is 35.4. The van der Waals surface area contributed by atoms with E-state index in [9.17, 15) is 87.2 Å². The first kappa shape index (κ1) is 71.1. The molecule has 4 fully saturated rings. The highest BCUT2D eigenvalue weighted by Gasteiger charge is 2.56. The molecule has 0 spiro atoms. The molecule has 0 amide bonds. The van der Waals surface area contributed by atoms with Crippen molar-refractivity contribution in [3.05, 3.63) is 68.5 Å². The topological polar surface area (TPSA) is 711 Å². The number of fused-ring (bicyclic) bond motifs is 4. The summed E-state index contributed by atoms with van der Waals surface area (Å²) in [6.07, 6.45) is -24.1. The Labute approximate surface area is 541 Å². The van der Waals surface area contributed by atoms with Crippen LogP contribution in [0.15, 0.2) is 46.0 Å². The van der Waals surface area contributed by atoms with Crippen molar-refractivity contribution in [2.24, 2.45) is 7.05 Å². The number of imidazole rings is 4. The number of rotatable bonds is 25. The van der Waals surface area contributed by atoms with E-state index in [1.165, 1.54) is 24.9 Å². The minimum absolute atomic E-state index is 0.0283. The summed E-state index contributed by atoms with van der Waals surface area (Å²) in [6, 6.07) is 0. The molecule has 12 heterocycles. The van der Waals surface area contributed by atoms with Gasteiger partial charge in [-0.25, -0.2) is 57.3 Å². The number of nitrogens with two attached hydrogens (primary N) is 3. The number of nitrogens with zero attached hydrogens (tertiary/aromatic N) is 13. The number of anilines is 3. The molecule has 0 saturated carbocycles. The fourth-order valence-electron chi connectivity index (χ4n) is 11.1. The van der Waals surface area contributed by atoms with E-state index in [0.29, 0.717) is 0 Å².